The van der Waals surface area contributed by atoms with Crippen LogP contribution >= 0.6 is 0 Å². The predicted octanol–water partition coefficient (Wildman–Crippen LogP) is 1.91. The Kier molecular flexibility index (Phi) is 4.63. The lowest BCUT2D eigenvalue weighted by Gasteiger charge is -2.03. The van der Waals surface area contributed by atoms with E-state index >= 15 is 0 Å². The first-order valence-corrected chi connectivity index (χ1v) is 3.57. The average molecular weight is 142 g/mol. The zero-order chi connectivity index (χ0) is 7.98. The number of hydrogen-bond acceptors (Lipinski definition) is 2. The number of rotatable bonds is 5. The van der Waals surface area contributed by atoms with Gasteiger partial charge in [0.2, 0.25) is 0 Å². The second-order valence-corrected chi connectivity index (χ2v) is 2.03. The van der Waals surface area contributed by atoms with Crippen molar-refractivity contribution >= 4 is 5.78 Å². The van der Waals surface area contributed by atoms with Crippen LogP contribution in [0.4, 0.5) is 0 Å². The summed E-state index contributed by atoms with van der Waals surface area (Å²) in [5, 5.41) is 0. The van der Waals surface area contributed by atoms with Crippen LogP contribution in [0.2, 0.25) is 0 Å². The Hall–Kier alpha value is -0.790. The molecule has 0 heterocycles. The van der Waals surface area contributed by atoms with Gasteiger partial charge in [-0.05, 0) is 13.3 Å². The van der Waals surface area contributed by atoms with Crippen LogP contribution in [0.15, 0.2) is 12.3 Å². The Morgan fingerprint density at radius 1 is 1.50 bits per heavy atom. The van der Waals surface area contributed by atoms with Crippen LogP contribution in [0.25, 0.3) is 0 Å². The molecule has 0 aliphatic carbocycles. The molecule has 10 heavy (non-hydrogen) atoms. The van der Waals surface area contributed by atoms with Gasteiger partial charge in [0.15, 0.2) is 11.5 Å². The predicted molar refractivity (Wildman–Crippen MR) is 40.7 cm³/mol. The molecule has 0 aliphatic heterocycles. The van der Waals surface area contributed by atoms with E-state index in [0.29, 0.717) is 18.8 Å². The summed E-state index contributed by atoms with van der Waals surface area (Å²) in [5.41, 5.74) is 0. The molecule has 0 amide bonds. The standard InChI is InChI=1S/C8H14O2/c1-4-6-8(9)7(3)10-5-2/h3-6H2,1-2H3. The van der Waals surface area contributed by atoms with Crippen molar-refractivity contribution in [2.24, 2.45) is 0 Å². The zero-order valence-electron chi connectivity index (χ0n) is 6.64. The van der Waals surface area contributed by atoms with Crippen molar-refractivity contribution in [1.82, 2.24) is 0 Å². The minimum Gasteiger partial charge on any atom is -0.491 e. The van der Waals surface area contributed by atoms with Crippen molar-refractivity contribution in [3.8, 4) is 0 Å². The van der Waals surface area contributed by atoms with E-state index in [1.54, 1.807) is 0 Å². The number of hydrogen-bond donors (Lipinski definition) is 0. The summed E-state index contributed by atoms with van der Waals surface area (Å²) >= 11 is 0. The maximum atomic E-state index is 10.9. The molecule has 2 nitrogen and oxygen atoms in total. The molecule has 0 aliphatic rings. The van der Waals surface area contributed by atoms with Crippen molar-refractivity contribution in [1.29, 1.82) is 0 Å². The normalized spacial score (nSPS) is 9.00. The number of carbonyl (C=O) groups excluding carboxylic acids is 1. The molecule has 0 aromatic carbocycles. The first-order valence-electron chi connectivity index (χ1n) is 3.57. The van der Waals surface area contributed by atoms with Crippen molar-refractivity contribution < 1.29 is 9.53 Å². The van der Waals surface area contributed by atoms with E-state index in [-0.39, 0.29) is 5.78 Å². The van der Waals surface area contributed by atoms with Crippen LogP contribution in [-0.2, 0) is 9.53 Å². The molecule has 0 spiro atoms. The maximum Gasteiger partial charge on any atom is 0.196 e. The lowest BCUT2D eigenvalue weighted by Crippen LogP contribution is -2.03. The molecule has 0 aromatic rings. The Labute approximate surface area is 61.9 Å². The van der Waals surface area contributed by atoms with Gasteiger partial charge in [0.05, 0.1) is 6.61 Å². The SMILES string of the molecule is C=C(OCC)C(=O)CCC. The van der Waals surface area contributed by atoms with Gasteiger partial charge >= 0.3 is 0 Å². The summed E-state index contributed by atoms with van der Waals surface area (Å²) in [7, 11) is 0. The Morgan fingerprint density at radius 2 is 2.10 bits per heavy atom. The lowest BCUT2D eigenvalue weighted by atomic mass is 10.2. The molecule has 0 bridgehead atoms. The molecule has 0 radical (unpaired) electrons. The summed E-state index contributed by atoms with van der Waals surface area (Å²) < 4.78 is 4.91. The fraction of sp³-hybridized carbons (Fsp3) is 0.625. The highest BCUT2D eigenvalue weighted by molar-refractivity contribution is 5.92. The Balaban J connectivity index is 3.60. The molecule has 0 aromatic heterocycles. The van der Waals surface area contributed by atoms with Crippen LogP contribution in [0.5, 0.6) is 0 Å². The smallest absolute Gasteiger partial charge is 0.196 e. The van der Waals surface area contributed by atoms with Crippen LogP contribution in [0.1, 0.15) is 26.7 Å². The van der Waals surface area contributed by atoms with Gasteiger partial charge in [0, 0.05) is 6.42 Å². The van der Waals surface area contributed by atoms with Gasteiger partial charge in [0.1, 0.15) is 0 Å². The van der Waals surface area contributed by atoms with E-state index in [1.165, 1.54) is 0 Å². The minimum atomic E-state index is 0.0179. The third kappa shape index (κ3) is 3.28. The second kappa shape index (κ2) is 5.03. The molecule has 58 valence electrons. The topological polar surface area (TPSA) is 26.3 Å². The zero-order valence-corrected chi connectivity index (χ0v) is 6.64. The number of ketones is 1. The van der Waals surface area contributed by atoms with E-state index in [2.05, 4.69) is 6.58 Å². The van der Waals surface area contributed by atoms with E-state index in [0.717, 1.165) is 6.42 Å². The van der Waals surface area contributed by atoms with Gasteiger partial charge in [-0.15, -0.1) is 0 Å². The first-order chi connectivity index (χ1) is 4.72. The summed E-state index contributed by atoms with van der Waals surface area (Å²) in [5.74, 6) is 0.314. The molecule has 2 heteroatoms. The molecule has 0 fully saturated rings. The van der Waals surface area contributed by atoms with E-state index in [4.69, 9.17) is 4.74 Å². The number of allylic oxidation sites excluding steroid dienone is 1. The first kappa shape index (κ1) is 9.21. The quantitative estimate of drug-likeness (QED) is 0.433. The maximum absolute atomic E-state index is 10.9. The van der Waals surface area contributed by atoms with Gasteiger partial charge in [-0.3, -0.25) is 4.79 Å². The fourth-order valence-corrected chi connectivity index (χ4v) is 0.621. The number of carbonyl (C=O) groups is 1. The van der Waals surface area contributed by atoms with Crippen molar-refractivity contribution in [2.75, 3.05) is 6.61 Å². The molecular weight excluding hydrogens is 128 g/mol. The average Bonchev–Trinajstić information content (AvgIpc) is 1.89. The summed E-state index contributed by atoms with van der Waals surface area (Å²) in [6.45, 7) is 7.81. The Bertz CT molecular complexity index is 111. The minimum absolute atomic E-state index is 0.0179. The highest BCUT2D eigenvalue weighted by Gasteiger charge is 2.04. The van der Waals surface area contributed by atoms with Crippen LogP contribution in [0.3, 0.4) is 0 Å². The van der Waals surface area contributed by atoms with Gasteiger partial charge in [-0.1, -0.05) is 13.5 Å². The molecule has 0 atom stereocenters. The summed E-state index contributed by atoms with van der Waals surface area (Å²) in [6, 6.07) is 0. The third-order valence-corrected chi connectivity index (χ3v) is 1.11. The molecule has 0 saturated heterocycles. The molecule has 0 unspecified atom stereocenters. The van der Waals surface area contributed by atoms with Gasteiger partial charge < -0.3 is 4.74 Å². The Morgan fingerprint density at radius 3 is 2.50 bits per heavy atom. The van der Waals surface area contributed by atoms with E-state index < -0.39 is 0 Å². The van der Waals surface area contributed by atoms with Crippen LogP contribution < -0.4 is 0 Å². The lowest BCUT2D eigenvalue weighted by molar-refractivity contribution is -0.118. The molecular formula is C8H14O2. The van der Waals surface area contributed by atoms with E-state index in [9.17, 15) is 4.79 Å². The second-order valence-electron chi connectivity index (χ2n) is 2.03. The third-order valence-electron chi connectivity index (χ3n) is 1.11. The molecule has 0 N–H and O–H groups in total. The monoisotopic (exact) mass is 142 g/mol. The highest BCUT2D eigenvalue weighted by atomic mass is 16.5. The van der Waals surface area contributed by atoms with Crippen LogP contribution in [0, 0.1) is 0 Å². The highest BCUT2D eigenvalue weighted by Crippen LogP contribution is 2.00. The van der Waals surface area contributed by atoms with Gasteiger partial charge in [-0.25, -0.2) is 0 Å². The van der Waals surface area contributed by atoms with Crippen molar-refractivity contribution in [3.05, 3.63) is 12.3 Å². The molecule has 0 rings (SSSR count). The summed E-state index contributed by atoms with van der Waals surface area (Å²) in [4.78, 5) is 10.9. The van der Waals surface area contributed by atoms with Crippen molar-refractivity contribution in [3.63, 3.8) is 0 Å². The number of Topliss-reactive ketones (excluding diaryl/α,β-unsaturated/α-hetero) is 1. The number of ether oxygens (including phenoxy) is 1. The molecule has 0 saturated carbocycles. The van der Waals surface area contributed by atoms with Gasteiger partial charge in [-0.2, -0.15) is 0 Å². The largest absolute Gasteiger partial charge is 0.491 e. The van der Waals surface area contributed by atoms with E-state index in [1.807, 2.05) is 13.8 Å². The van der Waals surface area contributed by atoms with Crippen molar-refractivity contribution in [2.45, 2.75) is 26.7 Å². The van der Waals surface area contributed by atoms with Crippen LogP contribution in [-0.4, -0.2) is 12.4 Å². The summed E-state index contributed by atoms with van der Waals surface area (Å²) in [6.07, 6.45) is 1.39. The fourth-order valence-electron chi connectivity index (χ4n) is 0.621. The van der Waals surface area contributed by atoms with Gasteiger partial charge in [0.25, 0.3) is 0 Å².